The summed E-state index contributed by atoms with van der Waals surface area (Å²) < 4.78 is 19.2. The fraction of sp³-hybridized carbons (Fsp3) is 0.316. The Balaban J connectivity index is 1.48. The number of aliphatic hydroxyl groups is 1. The molecule has 2 aliphatic rings. The minimum atomic E-state index is -0.551. The quantitative estimate of drug-likeness (QED) is 0.818. The molecule has 2 aliphatic heterocycles. The van der Waals surface area contributed by atoms with Gasteiger partial charge < -0.3 is 9.84 Å². The third kappa shape index (κ3) is 3.41. The zero-order valence-electron chi connectivity index (χ0n) is 14.8. The van der Waals surface area contributed by atoms with E-state index >= 15 is 0 Å². The van der Waals surface area contributed by atoms with Gasteiger partial charge in [-0.2, -0.15) is 5.10 Å². The minimum absolute atomic E-state index is 0.0224. The summed E-state index contributed by atoms with van der Waals surface area (Å²) in [5.74, 6) is -0.953. The van der Waals surface area contributed by atoms with E-state index in [4.69, 9.17) is 16.3 Å². The Morgan fingerprint density at radius 3 is 2.79 bits per heavy atom. The maximum atomic E-state index is 13.7. The van der Waals surface area contributed by atoms with Crippen molar-refractivity contribution in [3.05, 3.63) is 64.7 Å². The van der Waals surface area contributed by atoms with Crippen LogP contribution in [0.15, 0.2) is 47.8 Å². The Kier molecular flexibility index (Phi) is 5.15. The molecule has 0 saturated carbocycles. The van der Waals surface area contributed by atoms with Crippen LogP contribution in [0, 0.1) is 11.7 Å². The first-order valence-corrected chi connectivity index (χ1v) is 9.23. The zero-order valence-corrected chi connectivity index (χ0v) is 15.5. The van der Waals surface area contributed by atoms with E-state index in [-0.39, 0.29) is 11.6 Å². The van der Waals surface area contributed by atoms with E-state index in [9.17, 15) is 14.3 Å². The molecule has 3 atom stereocenters. The molecule has 0 spiro atoms. The molecule has 0 bridgehead atoms. The number of hydrogen-bond donors (Lipinski definition) is 2. The van der Waals surface area contributed by atoms with Gasteiger partial charge in [0.25, 0.3) is 0 Å². The van der Waals surface area contributed by atoms with Crippen LogP contribution in [0.4, 0.5) is 9.18 Å². The molecule has 1 amide bonds. The van der Waals surface area contributed by atoms with Gasteiger partial charge >= 0.3 is 6.09 Å². The number of pyridine rings is 1. The molecule has 28 heavy (non-hydrogen) atoms. The number of hydrazone groups is 1. The van der Waals surface area contributed by atoms with Gasteiger partial charge in [-0.3, -0.25) is 15.3 Å². The lowest BCUT2D eigenvalue weighted by molar-refractivity contribution is -0.00192. The van der Waals surface area contributed by atoms with Crippen LogP contribution < -0.4 is 5.43 Å². The molecule has 1 aromatic heterocycles. The summed E-state index contributed by atoms with van der Waals surface area (Å²) >= 11 is 5.71. The number of aliphatic hydroxyl groups excluding tert-OH is 1. The number of carbonyl (C=O) groups excluding carboxylic acids is 1. The van der Waals surface area contributed by atoms with E-state index in [1.54, 1.807) is 30.6 Å². The van der Waals surface area contributed by atoms with E-state index in [0.29, 0.717) is 24.2 Å². The number of carbonyl (C=O) groups is 1. The molecule has 2 aromatic rings. The Morgan fingerprint density at radius 1 is 1.32 bits per heavy atom. The number of amides is 1. The van der Waals surface area contributed by atoms with E-state index in [1.807, 2.05) is 0 Å². The Hall–Kier alpha value is -2.71. The van der Waals surface area contributed by atoms with Crippen molar-refractivity contribution in [2.24, 2.45) is 11.0 Å². The van der Waals surface area contributed by atoms with Crippen LogP contribution in [0.3, 0.4) is 0 Å². The van der Waals surface area contributed by atoms with Crippen LogP contribution in [-0.4, -0.2) is 46.1 Å². The normalized spacial score (nSPS) is 24.5. The molecule has 0 radical (unpaired) electrons. The number of halogens is 2. The number of hydrogen-bond acceptors (Lipinski definition) is 6. The lowest BCUT2D eigenvalue weighted by Crippen LogP contribution is -2.53. The standard InChI is InChI=1S/C19H18ClFN4O3/c20-14-2-1-12(9-15(14)21)16-5-8-25(19(27)28-16)18-13(10-26)17(23-24-18)11-3-6-22-7-4-11/h1-4,6-7,9,13,16,18,24,26H,5,8,10H2. The maximum absolute atomic E-state index is 13.7. The van der Waals surface area contributed by atoms with Crippen LogP contribution in [-0.2, 0) is 4.74 Å². The first-order chi connectivity index (χ1) is 13.6. The van der Waals surface area contributed by atoms with Gasteiger partial charge in [0.05, 0.1) is 23.3 Å². The van der Waals surface area contributed by atoms with Crippen LogP contribution >= 0.6 is 11.6 Å². The molecule has 2 N–H and O–H groups in total. The minimum Gasteiger partial charge on any atom is -0.441 e. The molecule has 1 aromatic carbocycles. The van der Waals surface area contributed by atoms with Crippen molar-refractivity contribution in [3.63, 3.8) is 0 Å². The van der Waals surface area contributed by atoms with Crippen molar-refractivity contribution in [2.45, 2.75) is 18.7 Å². The van der Waals surface area contributed by atoms with Crippen molar-refractivity contribution in [2.75, 3.05) is 13.2 Å². The van der Waals surface area contributed by atoms with E-state index < -0.39 is 30.1 Å². The number of aromatic nitrogens is 1. The monoisotopic (exact) mass is 404 g/mol. The number of nitrogens with one attached hydrogen (secondary N) is 1. The highest BCUT2D eigenvalue weighted by Crippen LogP contribution is 2.32. The second-order valence-corrected chi connectivity index (χ2v) is 7.03. The van der Waals surface area contributed by atoms with Gasteiger partial charge in [0.15, 0.2) is 0 Å². The van der Waals surface area contributed by atoms with Gasteiger partial charge in [-0.25, -0.2) is 9.18 Å². The van der Waals surface area contributed by atoms with E-state index in [1.165, 1.54) is 17.0 Å². The molecule has 0 aliphatic carbocycles. The second kappa shape index (κ2) is 7.73. The predicted molar refractivity (Wildman–Crippen MR) is 100 cm³/mol. The Morgan fingerprint density at radius 2 is 2.11 bits per heavy atom. The number of ether oxygens (including phenoxy) is 1. The van der Waals surface area contributed by atoms with Crippen LogP contribution in [0.25, 0.3) is 0 Å². The summed E-state index contributed by atoms with van der Waals surface area (Å²) in [6.07, 6.45) is 2.14. The fourth-order valence-corrected chi connectivity index (χ4v) is 3.65. The van der Waals surface area contributed by atoms with Crippen LogP contribution in [0.2, 0.25) is 5.02 Å². The smallest absolute Gasteiger partial charge is 0.412 e. The van der Waals surface area contributed by atoms with Crippen molar-refractivity contribution in [1.29, 1.82) is 0 Å². The van der Waals surface area contributed by atoms with E-state index in [0.717, 1.165) is 5.56 Å². The van der Waals surface area contributed by atoms with Crippen molar-refractivity contribution in [1.82, 2.24) is 15.3 Å². The van der Waals surface area contributed by atoms with Crippen molar-refractivity contribution < 1.29 is 19.0 Å². The number of benzene rings is 1. The van der Waals surface area contributed by atoms with Crippen LogP contribution in [0.1, 0.15) is 23.7 Å². The second-order valence-electron chi connectivity index (χ2n) is 6.62. The average molecular weight is 405 g/mol. The number of cyclic esters (lactones) is 1. The maximum Gasteiger partial charge on any atom is 0.412 e. The molecular weight excluding hydrogens is 387 g/mol. The summed E-state index contributed by atoms with van der Waals surface area (Å²) in [5, 5.41) is 14.2. The molecule has 146 valence electrons. The molecule has 3 heterocycles. The fourth-order valence-electron chi connectivity index (χ4n) is 3.53. The highest BCUT2D eigenvalue weighted by molar-refractivity contribution is 6.30. The summed E-state index contributed by atoms with van der Waals surface area (Å²) in [6, 6.07) is 7.97. The SMILES string of the molecule is O=C1OC(c2ccc(Cl)c(F)c2)CCN1C1NN=C(c2ccncc2)C1CO. The molecule has 7 nitrogen and oxygen atoms in total. The zero-order chi connectivity index (χ0) is 19.7. The highest BCUT2D eigenvalue weighted by Gasteiger charge is 2.41. The molecule has 1 saturated heterocycles. The molecule has 9 heteroatoms. The first-order valence-electron chi connectivity index (χ1n) is 8.85. The third-order valence-electron chi connectivity index (χ3n) is 4.98. The molecular formula is C19H18ClFN4O3. The van der Waals surface area contributed by atoms with Gasteiger partial charge in [-0.1, -0.05) is 17.7 Å². The number of rotatable bonds is 4. The third-order valence-corrected chi connectivity index (χ3v) is 5.29. The average Bonchev–Trinajstić information content (AvgIpc) is 3.14. The number of nitrogens with zero attached hydrogens (tertiary/aromatic N) is 3. The van der Waals surface area contributed by atoms with Crippen molar-refractivity contribution in [3.8, 4) is 0 Å². The van der Waals surface area contributed by atoms with E-state index in [2.05, 4.69) is 15.5 Å². The van der Waals surface area contributed by atoms with Crippen LogP contribution in [0.5, 0.6) is 0 Å². The Bertz CT molecular complexity index is 911. The van der Waals surface area contributed by atoms with Gasteiger partial charge in [0.1, 0.15) is 18.1 Å². The summed E-state index contributed by atoms with van der Waals surface area (Å²) in [7, 11) is 0. The summed E-state index contributed by atoms with van der Waals surface area (Å²) in [6.45, 7) is 0.190. The van der Waals surface area contributed by atoms with Gasteiger partial charge in [0.2, 0.25) is 0 Å². The van der Waals surface area contributed by atoms with Gasteiger partial charge in [-0.15, -0.1) is 0 Å². The molecule has 1 fully saturated rings. The molecule has 3 unspecified atom stereocenters. The summed E-state index contributed by atoms with van der Waals surface area (Å²) in [4.78, 5) is 18.1. The molecule has 4 rings (SSSR count). The summed E-state index contributed by atoms with van der Waals surface area (Å²) in [5.41, 5.74) is 4.97. The topological polar surface area (TPSA) is 87.0 Å². The lowest BCUT2D eigenvalue weighted by Gasteiger charge is -2.37. The van der Waals surface area contributed by atoms with Gasteiger partial charge in [0, 0.05) is 30.9 Å². The largest absolute Gasteiger partial charge is 0.441 e. The Labute approximate surface area is 165 Å². The van der Waals surface area contributed by atoms with Crippen molar-refractivity contribution >= 4 is 23.4 Å². The highest BCUT2D eigenvalue weighted by atomic mass is 35.5. The van der Waals surface area contributed by atoms with Gasteiger partial charge in [-0.05, 0) is 29.8 Å². The lowest BCUT2D eigenvalue weighted by atomic mass is 9.95. The first kappa shape index (κ1) is 18.6. The predicted octanol–water partition coefficient (Wildman–Crippen LogP) is 2.70.